The number of amides is 1. The van der Waals surface area contributed by atoms with Crippen molar-refractivity contribution >= 4 is 28.9 Å². The molecule has 5 aromatic rings. The van der Waals surface area contributed by atoms with Crippen molar-refractivity contribution < 1.29 is 9.90 Å². The van der Waals surface area contributed by atoms with E-state index in [2.05, 4.69) is 57.2 Å². The van der Waals surface area contributed by atoms with Crippen LogP contribution in [0.2, 0.25) is 0 Å². The van der Waals surface area contributed by atoms with Gasteiger partial charge >= 0.3 is 0 Å². The standard InChI is InChI=1S/C30H29N11O2/c31-29-24(19-22(36-37-29)21-7-1-2-8-25(21)42)39-14-6-15-40(18-17-39)27-10-13-32-26(35-27)9-3-4-11-34-30(43)23-20-28-33-12-5-16-41(28)38-23/h1-2,5,7-8,10,12-13,16,19-20,42H,4,6,11,14-15,17-18H2,(H2,31,37)(H,34,43). The summed E-state index contributed by atoms with van der Waals surface area (Å²) in [6.07, 6.45) is 6.41. The SMILES string of the molecule is Nc1nnc(-c2ccccc2O)cc1N1CCCN(c2ccnc(C#CCCNC(=O)c3cc4ncccn4n3)n2)CC1. The lowest BCUT2D eigenvalue weighted by Gasteiger charge is -2.25. The number of nitrogen functional groups attached to an aromatic ring is 1. The third-order valence-electron chi connectivity index (χ3n) is 6.99. The molecule has 216 valence electrons. The van der Waals surface area contributed by atoms with Gasteiger partial charge in [-0.25, -0.2) is 19.5 Å². The van der Waals surface area contributed by atoms with Crippen molar-refractivity contribution in [1.29, 1.82) is 0 Å². The fourth-order valence-electron chi connectivity index (χ4n) is 4.85. The van der Waals surface area contributed by atoms with Gasteiger partial charge in [-0.2, -0.15) is 5.10 Å². The van der Waals surface area contributed by atoms with Gasteiger partial charge in [0, 0.05) is 69.4 Å². The first-order chi connectivity index (χ1) is 21.0. The number of anilines is 3. The van der Waals surface area contributed by atoms with Gasteiger partial charge in [0.25, 0.3) is 5.91 Å². The van der Waals surface area contributed by atoms with Crippen LogP contribution in [-0.2, 0) is 0 Å². The molecule has 13 heteroatoms. The Morgan fingerprint density at radius 2 is 1.86 bits per heavy atom. The van der Waals surface area contributed by atoms with E-state index in [0.29, 0.717) is 60.3 Å². The molecule has 1 aromatic carbocycles. The maximum Gasteiger partial charge on any atom is 0.271 e. The number of phenolic OH excluding ortho intramolecular Hbond substituents is 1. The number of fused-ring (bicyclic) bond motifs is 1. The summed E-state index contributed by atoms with van der Waals surface area (Å²) >= 11 is 0. The third kappa shape index (κ3) is 6.28. The molecule has 13 nitrogen and oxygen atoms in total. The highest BCUT2D eigenvalue weighted by Crippen LogP contribution is 2.31. The number of carbonyl (C=O) groups excluding carboxylic acids is 1. The highest BCUT2D eigenvalue weighted by Gasteiger charge is 2.20. The third-order valence-corrected chi connectivity index (χ3v) is 6.99. The largest absolute Gasteiger partial charge is 0.507 e. The first-order valence-electron chi connectivity index (χ1n) is 13.9. The summed E-state index contributed by atoms with van der Waals surface area (Å²) in [5.41, 5.74) is 9.10. The number of rotatable bonds is 6. The summed E-state index contributed by atoms with van der Waals surface area (Å²) in [4.78, 5) is 29.9. The minimum atomic E-state index is -0.278. The topological polar surface area (TPSA) is 164 Å². The lowest BCUT2D eigenvalue weighted by Crippen LogP contribution is -2.31. The zero-order valence-corrected chi connectivity index (χ0v) is 23.3. The number of nitrogens with zero attached hydrogens (tertiary/aromatic N) is 9. The summed E-state index contributed by atoms with van der Waals surface area (Å²) in [5, 5.41) is 25.7. The average molecular weight is 576 g/mol. The van der Waals surface area contributed by atoms with Crippen molar-refractivity contribution in [2.24, 2.45) is 0 Å². The van der Waals surface area contributed by atoms with E-state index in [1.165, 1.54) is 0 Å². The maximum atomic E-state index is 12.4. The van der Waals surface area contributed by atoms with Crippen LogP contribution in [0.5, 0.6) is 5.75 Å². The van der Waals surface area contributed by atoms with Crippen molar-refractivity contribution in [2.45, 2.75) is 12.8 Å². The zero-order chi connectivity index (χ0) is 29.6. The molecule has 1 aliphatic rings. The molecule has 1 amide bonds. The van der Waals surface area contributed by atoms with Crippen LogP contribution >= 0.6 is 0 Å². The van der Waals surface area contributed by atoms with Crippen molar-refractivity contribution in [3.63, 3.8) is 0 Å². The summed E-state index contributed by atoms with van der Waals surface area (Å²) in [5.74, 6) is 7.47. The van der Waals surface area contributed by atoms with Gasteiger partial charge in [0.1, 0.15) is 11.6 Å². The van der Waals surface area contributed by atoms with Gasteiger partial charge in [-0.15, -0.1) is 10.2 Å². The van der Waals surface area contributed by atoms with Crippen molar-refractivity contribution in [3.8, 4) is 28.8 Å². The first kappa shape index (κ1) is 27.4. The molecule has 43 heavy (non-hydrogen) atoms. The van der Waals surface area contributed by atoms with E-state index in [0.717, 1.165) is 31.0 Å². The van der Waals surface area contributed by atoms with Crippen LogP contribution in [-0.4, -0.2) is 78.5 Å². The van der Waals surface area contributed by atoms with Gasteiger partial charge in [-0.3, -0.25) is 4.79 Å². The second-order valence-corrected chi connectivity index (χ2v) is 9.84. The molecule has 1 fully saturated rings. The number of benzene rings is 1. The van der Waals surface area contributed by atoms with Crippen molar-refractivity contribution in [2.75, 3.05) is 48.3 Å². The van der Waals surface area contributed by atoms with Gasteiger partial charge in [-0.05, 0) is 42.7 Å². The summed E-state index contributed by atoms with van der Waals surface area (Å²) in [6.45, 7) is 3.36. The molecular formula is C30H29N11O2. The number of carbonyl (C=O) groups is 1. The fraction of sp³-hybridized carbons (Fsp3) is 0.233. The van der Waals surface area contributed by atoms with Crippen LogP contribution in [0.3, 0.4) is 0 Å². The Hall–Kier alpha value is -5.77. The summed E-state index contributed by atoms with van der Waals surface area (Å²) in [7, 11) is 0. The number of phenols is 1. The van der Waals surface area contributed by atoms with E-state index in [9.17, 15) is 9.90 Å². The first-order valence-corrected chi connectivity index (χ1v) is 13.9. The van der Waals surface area contributed by atoms with E-state index in [-0.39, 0.29) is 11.7 Å². The molecule has 0 bridgehead atoms. The molecule has 0 unspecified atom stereocenters. The number of aromatic hydroxyl groups is 1. The predicted octanol–water partition coefficient (Wildman–Crippen LogP) is 2.15. The van der Waals surface area contributed by atoms with Gasteiger partial charge in [0.15, 0.2) is 17.2 Å². The molecular weight excluding hydrogens is 546 g/mol. The lowest BCUT2D eigenvalue weighted by molar-refractivity contribution is 0.0949. The Morgan fingerprint density at radius 3 is 2.74 bits per heavy atom. The minimum Gasteiger partial charge on any atom is -0.507 e. The molecule has 0 radical (unpaired) electrons. The second kappa shape index (κ2) is 12.4. The van der Waals surface area contributed by atoms with E-state index in [1.807, 2.05) is 18.2 Å². The van der Waals surface area contributed by atoms with E-state index in [1.54, 1.807) is 53.4 Å². The number of aromatic nitrogens is 7. The van der Waals surface area contributed by atoms with Crippen LogP contribution in [0.1, 0.15) is 29.2 Å². The Kier molecular flexibility index (Phi) is 7.90. The van der Waals surface area contributed by atoms with E-state index < -0.39 is 0 Å². The molecule has 0 atom stereocenters. The molecule has 5 heterocycles. The molecule has 0 aliphatic carbocycles. The van der Waals surface area contributed by atoms with E-state index in [4.69, 9.17) is 5.73 Å². The molecule has 4 N–H and O–H groups in total. The van der Waals surface area contributed by atoms with E-state index >= 15 is 0 Å². The molecule has 4 aromatic heterocycles. The van der Waals surface area contributed by atoms with Crippen LogP contribution in [0.4, 0.5) is 17.3 Å². The normalized spacial score (nSPS) is 13.3. The monoisotopic (exact) mass is 575 g/mol. The van der Waals surface area contributed by atoms with Crippen LogP contribution in [0, 0.1) is 11.8 Å². The molecule has 1 aliphatic heterocycles. The zero-order valence-electron chi connectivity index (χ0n) is 23.3. The highest BCUT2D eigenvalue weighted by atomic mass is 16.3. The second-order valence-electron chi connectivity index (χ2n) is 9.84. The highest BCUT2D eigenvalue weighted by molar-refractivity contribution is 5.93. The molecule has 6 rings (SSSR count). The average Bonchev–Trinajstić information content (AvgIpc) is 3.32. The Labute approximate surface area is 247 Å². The van der Waals surface area contributed by atoms with Gasteiger partial charge in [-0.1, -0.05) is 18.1 Å². The number of nitrogens with two attached hydrogens (primary N) is 1. The summed E-state index contributed by atoms with van der Waals surface area (Å²) in [6, 6.07) is 14.2. The van der Waals surface area contributed by atoms with Crippen LogP contribution < -0.4 is 20.9 Å². The van der Waals surface area contributed by atoms with Crippen molar-refractivity contribution in [3.05, 3.63) is 78.6 Å². The molecule has 1 saturated heterocycles. The van der Waals surface area contributed by atoms with Gasteiger partial charge in [0.2, 0.25) is 5.82 Å². The predicted molar refractivity (Wildman–Crippen MR) is 161 cm³/mol. The number of nitrogens with one attached hydrogen (secondary N) is 1. The summed E-state index contributed by atoms with van der Waals surface area (Å²) < 4.78 is 1.56. The van der Waals surface area contributed by atoms with Gasteiger partial charge in [0.05, 0.1) is 11.4 Å². The van der Waals surface area contributed by atoms with Crippen molar-refractivity contribution in [1.82, 2.24) is 40.1 Å². The Balaban J connectivity index is 1.05. The Morgan fingerprint density at radius 1 is 1.00 bits per heavy atom. The number of para-hydroxylation sites is 1. The fourth-order valence-corrected chi connectivity index (χ4v) is 4.85. The van der Waals surface area contributed by atoms with Crippen LogP contribution in [0.15, 0.2) is 67.1 Å². The Bertz CT molecular complexity index is 1790. The molecule has 0 saturated carbocycles. The smallest absolute Gasteiger partial charge is 0.271 e. The minimum absolute atomic E-state index is 0.142. The number of hydrogen-bond acceptors (Lipinski definition) is 11. The maximum absolute atomic E-state index is 12.4. The lowest BCUT2D eigenvalue weighted by atomic mass is 10.1. The van der Waals surface area contributed by atoms with Crippen LogP contribution in [0.25, 0.3) is 16.9 Å². The number of hydrogen-bond donors (Lipinski definition) is 3. The van der Waals surface area contributed by atoms with Gasteiger partial charge < -0.3 is 26.0 Å². The quantitative estimate of drug-likeness (QED) is 0.201. The molecule has 0 spiro atoms.